The molecule has 1 unspecified atom stereocenters. The van der Waals surface area contributed by atoms with E-state index in [9.17, 15) is 29.3 Å². The topological polar surface area (TPSA) is 175 Å². The Hall–Kier alpha value is -2.11. The maximum atomic E-state index is 12.7. The van der Waals surface area contributed by atoms with E-state index in [-0.39, 0.29) is 50.2 Å². The van der Waals surface area contributed by atoms with Crippen LogP contribution in [0.1, 0.15) is 155 Å². The summed E-state index contributed by atoms with van der Waals surface area (Å²) in [7, 11) is -4.37. The van der Waals surface area contributed by atoms with Gasteiger partial charge in [0.05, 0.1) is 31.7 Å². The van der Waals surface area contributed by atoms with Crippen LogP contribution < -0.4 is 5.73 Å². The first-order valence-corrected chi connectivity index (χ1v) is 22.8. The van der Waals surface area contributed by atoms with E-state index in [0.29, 0.717) is 25.7 Å². The van der Waals surface area contributed by atoms with E-state index in [1.54, 1.807) is 18.4 Å². The number of carbonyl (C=O) groups excluding carboxylic acids is 2. The minimum absolute atomic E-state index is 0.00899. The summed E-state index contributed by atoms with van der Waals surface area (Å²) in [5.41, 5.74) is 5.35. The third-order valence-electron chi connectivity index (χ3n) is 9.65. The molecule has 1 rings (SSSR count). The van der Waals surface area contributed by atoms with Crippen molar-refractivity contribution in [3.05, 3.63) is 48.8 Å². The van der Waals surface area contributed by atoms with Gasteiger partial charge < -0.3 is 30.3 Å². The maximum absolute atomic E-state index is 12.7. The van der Waals surface area contributed by atoms with E-state index >= 15 is 0 Å². The minimum atomic E-state index is -4.37. The van der Waals surface area contributed by atoms with E-state index in [1.807, 2.05) is 18.2 Å². The highest BCUT2D eigenvalue weighted by molar-refractivity contribution is 7.47. The molecule has 0 aromatic rings. The molecule has 0 aliphatic heterocycles. The van der Waals surface area contributed by atoms with Gasteiger partial charge in [-0.3, -0.25) is 18.6 Å². The lowest BCUT2D eigenvalue weighted by atomic mass is 9.90. The minimum Gasteiger partial charge on any atom is -0.498 e. The molecule has 0 aromatic heterocycles. The number of aliphatic hydroxyl groups is 2. The fraction of sp³-hybridized carbons (Fsp3) is 0.767. The number of aliphatic hydroxyl groups excluding tert-OH is 2. The average Bonchev–Trinajstić information content (AvgIpc) is 3.43. The van der Waals surface area contributed by atoms with Crippen LogP contribution in [0.5, 0.6) is 0 Å². The second kappa shape index (κ2) is 34.0. The molecule has 0 spiro atoms. The number of hydrogen-bond acceptors (Lipinski definition) is 10. The number of unbranched alkanes of at least 4 members (excludes halogenated alkanes) is 14. The Kier molecular flexibility index (Phi) is 31.4. The largest absolute Gasteiger partial charge is 0.498 e. The second-order valence-electron chi connectivity index (χ2n) is 14.7. The Balaban J connectivity index is 2.41. The molecular formula is C43H76NO10P. The number of ketones is 1. The highest BCUT2D eigenvalue weighted by Gasteiger charge is 2.39. The molecule has 0 radical (unpaired) electrons. The molecule has 12 heteroatoms. The number of phosphoric acid groups is 1. The van der Waals surface area contributed by atoms with Gasteiger partial charge in [-0.05, 0) is 70.3 Å². The number of ether oxygens (including phenoxy) is 2. The Morgan fingerprint density at radius 1 is 0.836 bits per heavy atom. The van der Waals surface area contributed by atoms with Crippen molar-refractivity contribution in [2.75, 3.05) is 26.4 Å². The van der Waals surface area contributed by atoms with Gasteiger partial charge in [0.15, 0.2) is 6.10 Å². The molecule has 0 bridgehead atoms. The fourth-order valence-electron chi connectivity index (χ4n) is 6.41. The average molecular weight is 798 g/mol. The number of allylic oxidation sites excluding steroid dienone is 5. The highest BCUT2D eigenvalue weighted by Crippen LogP contribution is 2.43. The van der Waals surface area contributed by atoms with Crippen molar-refractivity contribution in [2.45, 2.75) is 173 Å². The van der Waals surface area contributed by atoms with Gasteiger partial charge in [-0.1, -0.05) is 115 Å². The molecule has 0 heterocycles. The fourth-order valence-corrected chi connectivity index (χ4v) is 7.17. The van der Waals surface area contributed by atoms with Crippen molar-refractivity contribution in [3.8, 4) is 0 Å². The van der Waals surface area contributed by atoms with Crippen LogP contribution in [0.3, 0.4) is 0 Å². The lowest BCUT2D eigenvalue weighted by molar-refractivity contribution is -0.153. The molecule has 0 saturated heterocycles. The first-order valence-electron chi connectivity index (χ1n) is 21.3. The lowest BCUT2D eigenvalue weighted by Gasteiger charge is -2.19. The molecule has 1 fully saturated rings. The van der Waals surface area contributed by atoms with Crippen LogP contribution in [-0.4, -0.2) is 71.5 Å². The van der Waals surface area contributed by atoms with Gasteiger partial charge in [0.25, 0.3) is 0 Å². The van der Waals surface area contributed by atoms with Crippen LogP contribution in [0.4, 0.5) is 0 Å². The quantitative estimate of drug-likeness (QED) is 0.0156. The van der Waals surface area contributed by atoms with E-state index < -0.39 is 38.7 Å². The SMILES string of the molecule is CCCCCCCC/C=C\CCCCCC/C=C/OC[C@H](COP(=O)(O)OCCN)OC(=O)CCC/C=C\C[C@H]1C(=O)C[C@@H](O)[C@@H]1/C=C/[C@@H](O)CCCCC. The molecule has 55 heavy (non-hydrogen) atoms. The van der Waals surface area contributed by atoms with Crippen molar-refractivity contribution in [1.29, 1.82) is 0 Å². The summed E-state index contributed by atoms with van der Waals surface area (Å²) in [6.07, 6.45) is 34.4. The van der Waals surface area contributed by atoms with Crippen LogP contribution in [-0.2, 0) is 32.7 Å². The zero-order chi connectivity index (χ0) is 40.4. The summed E-state index contributed by atoms with van der Waals surface area (Å²) < 4.78 is 33.1. The van der Waals surface area contributed by atoms with Gasteiger partial charge in [0.1, 0.15) is 12.4 Å². The van der Waals surface area contributed by atoms with E-state index in [4.69, 9.17) is 24.3 Å². The predicted molar refractivity (Wildman–Crippen MR) is 220 cm³/mol. The number of rotatable bonds is 36. The van der Waals surface area contributed by atoms with Crippen LogP contribution in [0.2, 0.25) is 0 Å². The van der Waals surface area contributed by atoms with Crippen molar-refractivity contribution < 1.29 is 47.8 Å². The van der Waals surface area contributed by atoms with E-state index in [0.717, 1.165) is 44.9 Å². The number of hydrogen-bond donors (Lipinski definition) is 4. The molecule has 1 saturated carbocycles. The van der Waals surface area contributed by atoms with E-state index in [2.05, 4.69) is 26.0 Å². The van der Waals surface area contributed by atoms with Crippen molar-refractivity contribution >= 4 is 19.6 Å². The number of nitrogens with two attached hydrogens (primary N) is 1. The zero-order valence-corrected chi connectivity index (χ0v) is 35.0. The molecular weight excluding hydrogens is 721 g/mol. The van der Waals surface area contributed by atoms with Crippen molar-refractivity contribution in [2.24, 2.45) is 17.6 Å². The van der Waals surface area contributed by atoms with Gasteiger partial charge in [-0.15, -0.1) is 0 Å². The molecule has 5 N–H and O–H groups in total. The third kappa shape index (κ3) is 28.0. The van der Waals surface area contributed by atoms with Gasteiger partial charge in [0, 0.05) is 31.2 Å². The lowest BCUT2D eigenvalue weighted by Crippen LogP contribution is -2.27. The molecule has 1 aliphatic carbocycles. The Bertz CT molecular complexity index is 1140. The molecule has 11 nitrogen and oxygen atoms in total. The number of esters is 1. The van der Waals surface area contributed by atoms with Crippen LogP contribution >= 0.6 is 7.82 Å². The van der Waals surface area contributed by atoms with Crippen LogP contribution in [0, 0.1) is 11.8 Å². The van der Waals surface area contributed by atoms with Gasteiger partial charge in [0.2, 0.25) is 0 Å². The summed E-state index contributed by atoms with van der Waals surface area (Å²) in [6, 6.07) is 0. The molecule has 0 aromatic carbocycles. The Morgan fingerprint density at radius 3 is 2.11 bits per heavy atom. The summed E-state index contributed by atoms with van der Waals surface area (Å²) in [5.74, 6) is -1.17. The zero-order valence-electron chi connectivity index (χ0n) is 34.1. The first-order chi connectivity index (χ1) is 26.6. The van der Waals surface area contributed by atoms with Gasteiger partial charge in [-0.2, -0.15) is 0 Å². The van der Waals surface area contributed by atoms with E-state index in [1.165, 1.54) is 57.8 Å². The Morgan fingerprint density at radius 2 is 1.44 bits per heavy atom. The number of carbonyl (C=O) groups is 2. The number of Topliss-reactive ketones (excluding diaryl/α,β-unsaturated/α-hetero) is 1. The Labute approximate surface area is 332 Å². The third-order valence-corrected chi connectivity index (χ3v) is 10.6. The molecule has 0 amide bonds. The number of phosphoric ester groups is 1. The normalized spacial score (nSPS) is 20.0. The molecule has 6 atom stereocenters. The smallest absolute Gasteiger partial charge is 0.472 e. The van der Waals surface area contributed by atoms with Crippen LogP contribution in [0.25, 0.3) is 0 Å². The second-order valence-corrected chi connectivity index (χ2v) is 16.1. The maximum Gasteiger partial charge on any atom is 0.472 e. The highest BCUT2D eigenvalue weighted by atomic mass is 31.2. The summed E-state index contributed by atoms with van der Waals surface area (Å²) in [4.78, 5) is 35.1. The van der Waals surface area contributed by atoms with Gasteiger partial charge >= 0.3 is 13.8 Å². The summed E-state index contributed by atoms with van der Waals surface area (Å²) in [5, 5.41) is 20.7. The molecule has 1 aliphatic rings. The summed E-state index contributed by atoms with van der Waals surface area (Å²) >= 11 is 0. The van der Waals surface area contributed by atoms with Crippen molar-refractivity contribution in [1.82, 2.24) is 0 Å². The predicted octanol–water partition coefficient (Wildman–Crippen LogP) is 9.35. The van der Waals surface area contributed by atoms with Crippen molar-refractivity contribution in [3.63, 3.8) is 0 Å². The summed E-state index contributed by atoms with van der Waals surface area (Å²) in [6.45, 7) is 3.79. The standard InChI is InChI=1S/C43H76NO10P/c1-3-5-7-8-9-10-11-12-13-14-15-16-17-18-21-25-32-51-35-38(36-53-55(49,50)52-33-31-44)54-43(48)28-24-20-19-23-27-39-40(42(47)34-41(39)46)30-29-37(45)26-22-6-4-2/h12-13,19,23,25,29-30,32,37-40,42,45,47H,3-11,14-18,20-22,24,26-28,31,33-36,44H2,1-2H3,(H,49,50)/b13-12-,23-19-,30-29+,32-25+/t37-,38+,39+,40+,42+/m0/s1. The van der Waals surface area contributed by atoms with Gasteiger partial charge in [-0.25, -0.2) is 4.57 Å². The first kappa shape index (κ1) is 50.9. The van der Waals surface area contributed by atoms with Crippen LogP contribution in [0.15, 0.2) is 48.8 Å². The monoisotopic (exact) mass is 798 g/mol. The molecule has 318 valence electrons.